The predicted molar refractivity (Wildman–Crippen MR) is 99.9 cm³/mol. The minimum atomic E-state index is -0.427. The lowest BCUT2D eigenvalue weighted by molar-refractivity contribution is -0.117. The van der Waals surface area contributed by atoms with Crippen molar-refractivity contribution < 1.29 is 9.18 Å². The third-order valence-corrected chi connectivity index (χ3v) is 4.74. The van der Waals surface area contributed by atoms with Crippen LogP contribution < -0.4 is 10.2 Å². The molecule has 1 saturated heterocycles. The molecule has 0 atom stereocenters. The first-order valence-electron chi connectivity index (χ1n) is 8.50. The third kappa shape index (κ3) is 4.68. The fraction of sp³-hybridized carbons (Fsp3) is 0.389. The number of nitrogens with one attached hydrogen (secondary N) is 1. The lowest BCUT2D eigenvalue weighted by atomic mass is 10.0. The van der Waals surface area contributed by atoms with Crippen molar-refractivity contribution >= 4 is 29.1 Å². The average Bonchev–Trinajstić information content (AvgIpc) is 2.64. The van der Waals surface area contributed by atoms with Crippen molar-refractivity contribution in [1.29, 1.82) is 0 Å². The maximum Gasteiger partial charge on any atom is 0.238 e. The fourth-order valence-corrected chi connectivity index (χ4v) is 3.17. The summed E-state index contributed by atoms with van der Waals surface area (Å²) in [6.45, 7) is 1.82. The zero-order chi connectivity index (χ0) is 18.5. The number of rotatable bonds is 5. The van der Waals surface area contributed by atoms with E-state index in [9.17, 15) is 9.18 Å². The lowest BCUT2D eigenvalue weighted by Gasteiger charge is -2.36. The molecule has 1 aromatic heterocycles. The fourth-order valence-electron chi connectivity index (χ4n) is 3.07. The molecule has 1 N–H and O–H groups in total. The van der Waals surface area contributed by atoms with Crippen molar-refractivity contribution in [2.24, 2.45) is 0 Å². The van der Waals surface area contributed by atoms with Gasteiger partial charge in [0.25, 0.3) is 0 Å². The number of carbonyl (C=O) groups is 1. The van der Waals surface area contributed by atoms with Gasteiger partial charge in [0.05, 0.1) is 29.6 Å². The van der Waals surface area contributed by atoms with Gasteiger partial charge in [0.15, 0.2) is 0 Å². The first-order chi connectivity index (χ1) is 12.5. The van der Waals surface area contributed by atoms with Gasteiger partial charge in [0.1, 0.15) is 5.82 Å². The van der Waals surface area contributed by atoms with Crippen LogP contribution in [0.3, 0.4) is 0 Å². The molecule has 0 radical (unpaired) electrons. The average molecular weight is 378 g/mol. The molecule has 8 heteroatoms. The Morgan fingerprint density at radius 3 is 2.62 bits per heavy atom. The summed E-state index contributed by atoms with van der Waals surface area (Å²) < 4.78 is 13.6. The Balaban J connectivity index is 1.48. The third-order valence-electron chi connectivity index (χ3n) is 4.54. The van der Waals surface area contributed by atoms with E-state index in [0.29, 0.717) is 17.0 Å². The summed E-state index contributed by atoms with van der Waals surface area (Å²) in [4.78, 5) is 24.8. The van der Waals surface area contributed by atoms with Crippen LogP contribution in [0.15, 0.2) is 36.7 Å². The molecule has 0 bridgehead atoms. The van der Waals surface area contributed by atoms with E-state index in [0.717, 1.165) is 25.9 Å². The van der Waals surface area contributed by atoms with Gasteiger partial charge in [0.2, 0.25) is 11.9 Å². The normalized spacial score (nSPS) is 15.7. The van der Waals surface area contributed by atoms with Crippen molar-refractivity contribution in [1.82, 2.24) is 14.9 Å². The number of aromatic nitrogens is 2. The van der Waals surface area contributed by atoms with Gasteiger partial charge in [-0.15, -0.1) is 0 Å². The van der Waals surface area contributed by atoms with Crippen molar-refractivity contribution in [3.8, 4) is 0 Å². The Kier molecular flexibility index (Phi) is 6.00. The maximum atomic E-state index is 13.6. The molecule has 26 heavy (non-hydrogen) atoms. The summed E-state index contributed by atoms with van der Waals surface area (Å²) in [6.07, 6.45) is 4.97. The van der Waals surface area contributed by atoms with Crippen LogP contribution >= 0.6 is 11.6 Å². The summed E-state index contributed by atoms with van der Waals surface area (Å²) >= 11 is 5.83. The Morgan fingerprint density at radius 1 is 1.31 bits per heavy atom. The quantitative estimate of drug-likeness (QED) is 0.868. The van der Waals surface area contributed by atoms with Crippen molar-refractivity contribution in [2.45, 2.75) is 18.9 Å². The van der Waals surface area contributed by atoms with Crippen LogP contribution in [0, 0.1) is 5.82 Å². The van der Waals surface area contributed by atoms with Crippen LogP contribution in [0.5, 0.6) is 0 Å². The largest absolute Gasteiger partial charge is 0.341 e. The zero-order valence-corrected chi connectivity index (χ0v) is 15.3. The van der Waals surface area contributed by atoms with Gasteiger partial charge in [0, 0.05) is 26.2 Å². The number of carbonyl (C=O) groups excluding carboxylic acids is 1. The molecule has 1 fully saturated rings. The number of halogens is 2. The van der Waals surface area contributed by atoms with E-state index in [1.807, 2.05) is 11.9 Å². The van der Waals surface area contributed by atoms with E-state index in [1.54, 1.807) is 30.6 Å². The molecule has 0 unspecified atom stereocenters. The van der Waals surface area contributed by atoms with Gasteiger partial charge in [-0.3, -0.25) is 9.69 Å². The van der Waals surface area contributed by atoms with Gasteiger partial charge < -0.3 is 10.2 Å². The number of anilines is 2. The monoisotopic (exact) mass is 377 g/mol. The predicted octanol–water partition coefficient (Wildman–Crippen LogP) is 2.81. The van der Waals surface area contributed by atoms with Gasteiger partial charge in [-0.1, -0.05) is 23.7 Å². The molecule has 1 amide bonds. The second-order valence-electron chi connectivity index (χ2n) is 6.35. The molecule has 3 rings (SSSR count). The number of hydrogen-bond donors (Lipinski definition) is 1. The number of likely N-dealkylation sites (tertiary alicyclic amines) is 1. The highest BCUT2D eigenvalue weighted by Crippen LogP contribution is 2.20. The SMILES string of the molecule is CN(c1ncc(Cl)cn1)C1CCN(CC(=O)Nc2ccccc2F)CC1. The number of piperidine rings is 1. The number of amides is 1. The molecule has 0 spiro atoms. The van der Waals surface area contributed by atoms with E-state index >= 15 is 0 Å². The first-order valence-corrected chi connectivity index (χ1v) is 8.88. The number of para-hydroxylation sites is 1. The molecular formula is C18H21ClFN5O. The topological polar surface area (TPSA) is 61.4 Å². The minimum Gasteiger partial charge on any atom is -0.341 e. The van der Waals surface area contributed by atoms with Gasteiger partial charge >= 0.3 is 0 Å². The van der Waals surface area contributed by atoms with Crippen LogP contribution in [0.4, 0.5) is 16.0 Å². The second kappa shape index (κ2) is 8.42. The molecule has 2 heterocycles. The summed E-state index contributed by atoms with van der Waals surface area (Å²) in [5.74, 6) is 0.0113. The van der Waals surface area contributed by atoms with E-state index in [1.165, 1.54) is 6.07 Å². The molecule has 138 valence electrons. The van der Waals surface area contributed by atoms with Crippen molar-refractivity contribution in [3.05, 3.63) is 47.5 Å². The smallest absolute Gasteiger partial charge is 0.238 e. The highest BCUT2D eigenvalue weighted by Gasteiger charge is 2.25. The number of benzene rings is 1. The molecule has 1 aliphatic heterocycles. The van der Waals surface area contributed by atoms with E-state index in [4.69, 9.17) is 11.6 Å². The van der Waals surface area contributed by atoms with Crippen LogP contribution in [0.1, 0.15) is 12.8 Å². The number of nitrogens with zero attached hydrogens (tertiary/aromatic N) is 4. The van der Waals surface area contributed by atoms with E-state index in [2.05, 4.69) is 20.2 Å². The molecule has 0 saturated carbocycles. The van der Waals surface area contributed by atoms with Gasteiger partial charge in [-0.25, -0.2) is 14.4 Å². The van der Waals surface area contributed by atoms with Gasteiger partial charge in [-0.2, -0.15) is 0 Å². The van der Waals surface area contributed by atoms with Crippen LogP contribution in [0.25, 0.3) is 0 Å². The summed E-state index contributed by atoms with van der Waals surface area (Å²) in [7, 11) is 1.97. The Labute approximate surface area is 157 Å². The molecular weight excluding hydrogens is 357 g/mol. The van der Waals surface area contributed by atoms with Gasteiger partial charge in [-0.05, 0) is 25.0 Å². The highest BCUT2D eigenvalue weighted by atomic mass is 35.5. The van der Waals surface area contributed by atoms with Crippen molar-refractivity contribution in [2.75, 3.05) is 36.9 Å². The Morgan fingerprint density at radius 2 is 1.96 bits per heavy atom. The standard InChI is InChI=1S/C18H21ClFN5O/c1-24(18-21-10-13(19)11-22-18)14-6-8-25(9-7-14)12-17(26)23-16-5-3-2-4-15(16)20/h2-5,10-11,14H,6-9,12H2,1H3,(H,23,26). The molecule has 1 aliphatic rings. The van der Waals surface area contributed by atoms with E-state index in [-0.39, 0.29) is 18.1 Å². The Hall–Kier alpha value is -2.25. The highest BCUT2D eigenvalue weighted by molar-refractivity contribution is 6.30. The molecule has 6 nitrogen and oxygen atoms in total. The zero-order valence-electron chi connectivity index (χ0n) is 14.5. The van der Waals surface area contributed by atoms with Crippen LogP contribution in [0.2, 0.25) is 5.02 Å². The molecule has 0 aliphatic carbocycles. The van der Waals surface area contributed by atoms with Crippen LogP contribution in [-0.4, -0.2) is 53.5 Å². The second-order valence-corrected chi connectivity index (χ2v) is 6.78. The van der Waals surface area contributed by atoms with E-state index < -0.39 is 5.82 Å². The summed E-state index contributed by atoms with van der Waals surface area (Å²) in [5, 5.41) is 3.14. The Bertz CT molecular complexity index is 750. The first kappa shape index (κ1) is 18.5. The minimum absolute atomic E-state index is 0.206. The van der Waals surface area contributed by atoms with Crippen LogP contribution in [-0.2, 0) is 4.79 Å². The maximum absolute atomic E-state index is 13.6. The summed E-state index contributed by atoms with van der Waals surface area (Å²) in [5.41, 5.74) is 0.215. The number of hydrogen-bond acceptors (Lipinski definition) is 5. The lowest BCUT2D eigenvalue weighted by Crippen LogP contribution is -2.46. The summed E-state index contributed by atoms with van der Waals surface area (Å²) in [6, 6.07) is 6.48. The molecule has 1 aromatic carbocycles. The molecule has 2 aromatic rings. The van der Waals surface area contributed by atoms with Crippen molar-refractivity contribution in [3.63, 3.8) is 0 Å².